The highest BCUT2D eigenvalue weighted by Gasteiger charge is 1.86. The summed E-state index contributed by atoms with van der Waals surface area (Å²) in [6.45, 7) is 1.63. The van der Waals surface area contributed by atoms with Gasteiger partial charge in [-0.3, -0.25) is 5.11 Å². The van der Waals surface area contributed by atoms with Gasteiger partial charge in [-0.25, -0.2) is 0 Å². The van der Waals surface area contributed by atoms with E-state index in [4.69, 9.17) is 5.21 Å². The van der Waals surface area contributed by atoms with Crippen molar-refractivity contribution in [2.75, 3.05) is 0 Å². The summed E-state index contributed by atoms with van der Waals surface area (Å²) in [5.74, 6) is -0.477. The van der Waals surface area contributed by atoms with Gasteiger partial charge >= 0.3 is 0 Å². The highest BCUT2D eigenvalue weighted by molar-refractivity contribution is 5.71. The van der Waals surface area contributed by atoms with Crippen LogP contribution in [0.4, 0.5) is 0 Å². The zero-order valence-corrected chi connectivity index (χ0v) is 3.51. The minimum atomic E-state index is -0.477. The van der Waals surface area contributed by atoms with Gasteiger partial charge in [0.1, 0.15) is 0 Å². The molecule has 0 aromatic rings. The molecule has 0 aromatic carbocycles. The van der Waals surface area contributed by atoms with Gasteiger partial charge in [0.15, 0.2) is 0 Å². The van der Waals surface area contributed by atoms with Crippen LogP contribution in [0.3, 0.4) is 0 Å². The van der Waals surface area contributed by atoms with Gasteiger partial charge in [-0.1, -0.05) is 6.92 Å². The van der Waals surface area contributed by atoms with Crippen molar-refractivity contribution in [1.29, 1.82) is 0 Å². The van der Waals surface area contributed by atoms with Crippen molar-refractivity contribution in [3.8, 4) is 0 Å². The van der Waals surface area contributed by atoms with Gasteiger partial charge < -0.3 is 5.21 Å². The minimum absolute atomic E-state index is 0.274. The van der Waals surface area contributed by atoms with Gasteiger partial charge in [-0.05, 0) is 5.16 Å². The Balaban J connectivity index is 3.22. The number of nitrogens with zero attached hydrogens (tertiary/aromatic N) is 1. The van der Waals surface area contributed by atoms with E-state index >= 15 is 0 Å². The Morgan fingerprint density at radius 2 is 2.50 bits per heavy atom. The molecule has 0 amide bonds. The average molecular weight is 88.1 g/mol. The number of rotatable bonds is 1. The first-order chi connectivity index (χ1) is 2.81. The van der Waals surface area contributed by atoms with Gasteiger partial charge in [-0.15, -0.1) is 0 Å². The first-order valence-corrected chi connectivity index (χ1v) is 1.69. The molecule has 6 heavy (non-hydrogen) atoms. The lowest BCUT2D eigenvalue weighted by Crippen LogP contribution is -1.86. The molecule has 3 nitrogen and oxygen atoms in total. The predicted octanol–water partition coefficient (Wildman–Crippen LogP) is 0.615. The van der Waals surface area contributed by atoms with Gasteiger partial charge in [-0.2, -0.15) is 0 Å². The van der Waals surface area contributed by atoms with Crippen LogP contribution in [0.15, 0.2) is 5.16 Å². The molecule has 0 atom stereocenters. The van der Waals surface area contributed by atoms with Gasteiger partial charge in [0.25, 0.3) is 5.90 Å². The quantitative estimate of drug-likeness (QED) is 0.217. The first-order valence-electron chi connectivity index (χ1n) is 1.69. The molecule has 0 rings (SSSR count). The van der Waals surface area contributed by atoms with Crippen LogP contribution in [0.2, 0.25) is 0 Å². The number of hydrogen-bond acceptors (Lipinski definition) is 2. The summed E-state index contributed by atoms with van der Waals surface area (Å²) in [5, 5.41) is 19.7. The fourth-order valence-electron chi connectivity index (χ4n) is 0.0707. The fraction of sp³-hybridized carbons (Fsp3) is 0.667. The molecule has 3 heteroatoms. The summed E-state index contributed by atoms with van der Waals surface area (Å²) in [6.07, 6.45) is 0.274. The smallest absolute Gasteiger partial charge is 0.280 e. The second kappa shape index (κ2) is 2.50. The lowest BCUT2D eigenvalue weighted by atomic mass is 10.5. The third-order valence-electron chi connectivity index (χ3n) is 0.414. The molecule has 35 valence electrons. The molecule has 0 spiro atoms. The van der Waals surface area contributed by atoms with Gasteiger partial charge in [0, 0.05) is 6.42 Å². The molecular weight excluding hydrogens is 82.0 g/mol. The maximum absolute atomic E-state index is 9.76. The summed E-state index contributed by atoms with van der Waals surface area (Å²) >= 11 is 0. The van der Waals surface area contributed by atoms with Gasteiger partial charge in [0.2, 0.25) is 0 Å². The van der Waals surface area contributed by atoms with E-state index in [0.717, 1.165) is 0 Å². The minimum Gasteiger partial charge on any atom is -0.408 e. The Kier molecular flexibility index (Phi) is 2.20. The van der Waals surface area contributed by atoms with Crippen molar-refractivity contribution >= 4 is 5.90 Å². The molecule has 1 N–H and O–H groups in total. The lowest BCUT2D eigenvalue weighted by molar-refractivity contribution is 0.283. The summed E-state index contributed by atoms with van der Waals surface area (Å²) in [4.78, 5) is 0. The largest absolute Gasteiger partial charge is 0.408 e. The van der Waals surface area contributed by atoms with Crippen LogP contribution in [0.25, 0.3) is 0 Å². The van der Waals surface area contributed by atoms with Crippen molar-refractivity contribution < 1.29 is 10.3 Å². The van der Waals surface area contributed by atoms with E-state index in [-0.39, 0.29) is 6.42 Å². The van der Waals surface area contributed by atoms with Crippen LogP contribution in [0, 0.1) is 0 Å². The number of hydrogen-bond donors (Lipinski definition) is 1. The highest BCUT2D eigenvalue weighted by Crippen LogP contribution is 1.75. The molecule has 0 aliphatic carbocycles. The van der Waals surface area contributed by atoms with E-state index in [9.17, 15) is 5.11 Å². The highest BCUT2D eigenvalue weighted by atomic mass is 16.5. The van der Waals surface area contributed by atoms with Crippen LogP contribution in [-0.2, 0) is 5.11 Å². The van der Waals surface area contributed by atoms with Crippen molar-refractivity contribution in [2.24, 2.45) is 5.16 Å². The van der Waals surface area contributed by atoms with Crippen molar-refractivity contribution in [3.05, 3.63) is 0 Å². The summed E-state index contributed by atoms with van der Waals surface area (Å²) in [7, 11) is 0. The SMILES string of the molecule is CC/C([O])=N\O. The first kappa shape index (κ1) is 5.27. The zero-order chi connectivity index (χ0) is 4.99. The Labute approximate surface area is 35.9 Å². The van der Waals surface area contributed by atoms with Crippen molar-refractivity contribution in [1.82, 2.24) is 0 Å². The van der Waals surface area contributed by atoms with Crippen molar-refractivity contribution in [3.63, 3.8) is 0 Å². The molecule has 0 saturated heterocycles. The standard InChI is InChI=1S/C3H6NO2/c1-2-3(5)4-6/h6H,2H2,1H3/b4-3+. The molecule has 1 radical (unpaired) electrons. The normalized spacial score (nSPS) is 11.8. The van der Waals surface area contributed by atoms with E-state index in [2.05, 4.69) is 5.16 Å². The maximum atomic E-state index is 9.76. The molecule has 0 saturated carbocycles. The fourth-order valence-corrected chi connectivity index (χ4v) is 0.0707. The second-order valence-electron chi connectivity index (χ2n) is 0.847. The van der Waals surface area contributed by atoms with Gasteiger partial charge in [0.05, 0.1) is 0 Å². The summed E-state index contributed by atoms with van der Waals surface area (Å²) in [6, 6.07) is 0. The Morgan fingerprint density at radius 3 is 2.50 bits per heavy atom. The number of oxime groups is 1. The Hall–Kier alpha value is -0.730. The summed E-state index contributed by atoms with van der Waals surface area (Å²) < 4.78 is 0. The molecule has 0 unspecified atom stereocenters. The molecular formula is C3H6NO2. The lowest BCUT2D eigenvalue weighted by Gasteiger charge is -1.75. The zero-order valence-electron chi connectivity index (χ0n) is 3.51. The summed E-state index contributed by atoms with van der Waals surface area (Å²) in [5.41, 5.74) is 0. The monoisotopic (exact) mass is 88.0 g/mol. The average Bonchev–Trinajstić information content (AvgIpc) is 1.65. The van der Waals surface area contributed by atoms with Crippen molar-refractivity contribution in [2.45, 2.75) is 13.3 Å². The van der Waals surface area contributed by atoms with E-state index in [1.54, 1.807) is 6.92 Å². The van der Waals surface area contributed by atoms with Crippen LogP contribution in [0.1, 0.15) is 13.3 Å². The van der Waals surface area contributed by atoms with Crippen LogP contribution in [0.5, 0.6) is 0 Å². The third-order valence-corrected chi connectivity index (χ3v) is 0.414. The molecule has 0 fully saturated rings. The van der Waals surface area contributed by atoms with Crippen LogP contribution < -0.4 is 0 Å². The van der Waals surface area contributed by atoms with E-state index in [1.165, 1.54) is 0 Å². The second-order valence-corrected chi connectivity index (χ2v) is 0.847. The Bertz CT molecular complexity index is 59.8. The van der Waals surface area contributed by atoms with E-state index < -0.39 is 5.90 Å². The third kappa shape index (κ3) is 1.58. The molecule has 0 aliphatic heterocycles. The van der Waals surface area contributed by atoms with E-state index in [1.807, 2.05) is 0 Å². The van der Waals surface area contributed by atoms with Crippen LogP contribution in [-0.4, -0.2) is 11.1 Å². The maximum Gasteiger partial charge on any atom is 0.280 e. The molecule has 0 bridgehead atoms. The molecule has 0 heterocycles. The predicted molar refractivity (Wildman–Crippen MR) is 20.2 cm³/mol. The van der Waals surface area contributed by atoms with Crippen LogP contribution >= 0.6 is 0 Å². The Morgan fingerprint density at radius 1 is 2.00 bits per heavy atom. The molecule has 0 aliphatic rings. The molecule has 0 aromatic heterocycles. The topological polar surface area (TPSA) is 52.5 Å². The van der Waals surface area contributed by atoms with E-state index in [0.29, 0.717) is 0 Å².